The quantitative estimate of drug-likeness (QED) is 0.851. The Hall–Kier alpha value is -1.91. The number of halogens is 1. The third-order valence-electron chi connectivity index (χ3n) is 2.92. The van der Waals surface area contributed by atoms with Crippen molar-refractivity contribution in [2.75, 3.05) is 11.9 Å². The van der Waals surface area contributed by atoms with Crippen molar-refractivity contribution in [1.29, 1.82) is 0 Å². The van der Waals surface area contributed by atoms with Crippen LogP contribution in [0.5, 0.6) is 0 Å². The predicted octanol–water partition coefficient (Wildman–Crippen LogP) is 2.80. The van der Waals surface area contributed by atoms with Crippen molar-refractivity contribution in [3.8, 4) is 0 Å². The van der Waals surface area contributed by atoms with Crippen LogP contribution in [0, 0.1) is 6.92 Å². The molecule has 3 N–H and O–H groups in total. The molecule has 1 amide bonds. The van der Waals surface area contributed by atoms with Gasteiger partial charge >= 0.3 is 0 Å². The lowest BCUT2D eigenvalue weighted by atomic mass is 10.1. The van der Waals surface area contributed by atoms with Crippen molar-refractivity contribution >= 4 is 23.2 Å². The van der Waals surface area contributed by atoms with E-state index in [0.29, 0.717) is 22.9 Å². The van der Waals surface area contributed by atoms with Crippen LogP contribution >= 0.6 is 11.6 Å². The maximum absolute atomic E-state index is 12.1. The summed E-state index contributed by atoms with van der Waals surface area (Å²) in [6, 6.07) is 9.18. The summed E-state index contributed by atoms with van der Waals surface area (Å²) in [5.41, 5.74) is 8.65. The van der Waals surface area contributed by atoms with Gasteiger partial charge in [-0.2, -0.15) is 0 Å². The van der Waals surface area contributed by atoms with Gasteiger partial charge in [-0.3, -0.25) is 4.79 Å². The lowest BCUT2D eigenvalue weighted by Crippen LogP contribution is -2.12. The van der Waals surface area contributed by atoms with Gasteiger partial charge in [-0.15, -0.1) is 0 Å². The molecule has 0 unspecified atom stereocenters. The van der Waals surface area contributed by atoms with Gasteiger partial charge in [0.25, 0.3) is 5.91 Å². The molecule has 0 atom stereocenters. The van der Waals surface area contributed by atoms with Gasteiger partial charge in [-0.25, -0.2) is 4.98 Å². The van der Waals surface area contributed by atoms with Crippen molar-refractivity contribution in [2.45, 2.75) is 13.3 Å². The van der Waals surface area contributed by atoms with Crippen molar-refractivity contribution in [3.63, 3.8) is 0 Å². The number of benzene rings is 1. The van der Waals surface area contributed by atoms with Crippen molar-refractivity contribution < 1.29 is 4.79 Å². The van der Waals surface area contributed by atoms with Crippen molar-refractivity contribution in [2.24, 2.45) is 5.73 Å². The van der Waals surface area contributed by atoms with E-state index in [1.165, 1.54) is 6.20 Å². The molecule has 2 rings (SSSR count). The molecule has 0 fully saturated rings. The van der Waals surface area contributed by atoms with Crippen molar-refractivity contribution in [1.82, 2.24) is 4.98 Å². The Balaban J connectivity index is 2.09. The highest BCUT2D eigenvalue weighted by atomic mass is 35.5. The standard InChI is InChI=1S/C15H16ClN3O/c1-10-8-13(9-18-14(10)16)19-15(20)12-4-2-11(3-5-12)6-7-17/h2-5,8-9H,6-7,17H2,1H3,(H,19,20). The first-order valence-corrected chi connectivity index (χ1v) is 6.70. The van der Waals surface area contributed by atoms with Gasteiger partial charge in [-0.1, -0.05) is 23.7 Å². The van der Waals surface area contributed by atoms with E-state index >= 15 is 0 Å². The number of nitrogens with one attached hydrogen (secondary N) is 1. The zero-order chi connectivity index (χ0) is 14.5. The average molecular weight is 290 g/mol. The van der Waals surface area contributed by atoms with Gasteiger partial charge in [0.2, 0.25) is 0 Å². The van der Waals surface area contributed by atoms with Gasteiger partial charge in [0, 0.05) is 5.56 Å². The second-order valence-corrected chi connectivity index (χ2v) is 4.88. The topological polar surface area (TPSA) is 68.0 Å². The summed E-state index contributed by atoms with van der Waals surface area (Å²) in [6.45, 7) is 2.44. The molecule has 1 aromatic carbocycles. The number of carbonyl (C=O) groups excluding carboxylic acids is 1. The summed E-state index contributed by atoms with van der Waals surface area (Å²) in [5, 5.41) is 3.23. The summed E-state index contributed by atoms with van der Waals surface area (Å²) >= 11 is 5.85. The highest BCUT2D eigenvalue weighted by Crippen LogP contribution is 2.17. The van der Waals surface area contributed by atoms with Gasteiger partial charge in [0.15, 0.2) is 0 Å². The summed E-state index contributed by atoms with van der Waals surface area (Å²) < 4.78 is 0. The van der Waals surface area contributed by atoms with Gasteiger partial charge in [0.1, 0.15) is 5.15 Å². The molecular weight excluding hydrogens is 274 g/mol. The Kier molecular flexibility index (Phi) is 4.71. The van der Waals surface area contributed by atoms with Crippen LogP contribution in [0.2, 0.25) is 5.15 Å². The molecule has 0 aliphatic heterocycles. The highest BCUT2D eigenvalue weighted by molar-refractivity contribution is 6.30. The molecular formula is C15H16ClN3O. The normalized spacial score (nSPS) is 10.3. The molecule has 2 aromatic rings. The largest absolute Gasteiger partial charge is 0.330 e. The van der Waals surface area contributed by atoms with E-state index < -0.39 is 0 Å². The minimum Gasteiger partial charge on any atom is -0.330 e. The predicted molar refractivity (Wildman–Crippen MR) is 81.1 cm³/mol. The number of hydrogen-bond acceptors (Lipinski definition) is 3. The molecule has 0 saturated heterocycles. The minimum absolute atomic E-state index is 0.173. The summed E-state index contributed by atoms with van der Waals surface area (Å²) in [5.74, 6) is -0.173. The summed E-state index contributed by atoms with van der Waals surface area (Å²) in [6.07, 6.45) is 2.35. The van der Waals surface area contributed by atoms with Crippen LogP contribution in [-0.4, -0.2) is 17.4 Å². The molecule has 0 saturated carbocycles. The minimum atomic E-state index is -0.173. The molecule has 0 radical (unpaired) electrons. The third kappa shape index (κ3) is 3.56. The Morgan fingerprint density at radius 2 is 2.05 bits per heavy atom. The van der Waals surface area contributed by atoms with E-state index in [9.17, 15) is 4.79 Å². The van der Waals surface area contributed by atoms with E-state index in [1.54, 1.807) is 18.2 Å². The number of pyridine rings is 1. The van der Waals surface area contributed by atoms with E-state index in [0.717, 1.165) is 17.5 Å². The lowest BCUT2D eigenvalue weighted by Gasteiger charge is -2.07. The van der Waals surface area contributed by atoms with E-state index in [-0.39, 0.29) is 5.91 Å². The Morgan fingerprint density at radius 1 is 1.35 bits per heavy atom. The molecule has 1 heterocycles. The fourth-order valence-corrected chi connectivity index (χ4v) is 1.92. The Bertz CT molecular complexity index is 611. The van der Waals surface area contributed by atoms with Gasteiger partial charge in [0.05, 0.1) is 11.9 Å². The second-order valence-electron chi connectivity index (χ2n) is 4.52. The molecule has 5 heteroatoms. The van der Waals surface area contributed by atoms with Gasteiger partial charge < -0.3 is 11.1 Å². The smallest absolute Gasteiger partial charge is 0.255 e. The van der Waals surface area contributed by atoms with Crippen LogP contribution in [0.15, 0.2) is 36.5 Å². The van der Waals surface area contributed by atoms with Crippen LogP contribution < -0.4 is 11.1 Å². The van der Waals surface area contributed by atoms with Crippen LogP contribution in [0.4, 0.5) is 5.69 Å². The van der Waals surface area contributed by atoms with Crippen LogP contribution in [0.25, 0.3) is 0 Å². The van der Waals surface area contributed by atoms with E-state index in [1.807, 2.05) is 19.1 Å². The molecule has 1 aromatic heterocycles. The van der Waals surface area contributed by atoms with Crippen molar-refractivity contribution in [3.05, 3.63) is 58.4 Å². The van der Waals surface area contributed by atoms with Crippen LogP contribution in [-0.2, 0) is 6.42 Å². The second kappa shape index (κ2) is 6.50. The Labute approximate surface area is 123 Å². The summed E-state index contributed by atoms with van der Waals surface area (Å²) in [4.78, 5) is 16.1. The number of amides is 1. The molecule has 0 aliphatic carbocycles. The first-order chi connectivity index (χ1) is 9.60. The fourth-order valence-electron chi connectivity index (χ4n) is 1.82. The number of hydrogen-bond donors (Lipinski definition) is 2. The SMILES string of the molecule is Cc1cc(NC(=O)c2ccc(CCN)cc2)cnc1Cl. The number of rotatable bonds is 4. The first-order valence-electron chi connectivity index (χ1n) is 6.32. The number of nitrogens with two attached hydrogens (primary N) is 1. The number of aromatic nitrogens is 1. The van der Waals surface area contributed by atoms with Crippen LogP contribution in [0.1, 0.15) is 21.5 Å². The third-order valence-corrected chi connectivity index (χ3v) is 3.32. The molecule has 0 spiro atoms. The maximum Gasteiger partial charge on any atom is 0.255 e. The maximum atomic E-state index is 12.1. The first kappa shape index (κ1) is 14.5. The lowest BCUT2D eigenvalue weighted by molar-refractivity contribution is 0.102. The molecule has 0 aliphatic rings. The fraction of sp³-hybridized carbons (Fsp3) is 0.200. The molecule has 104 valence electrons. The molecule has 4 nitrogen and oxygen atoms in total. The zero-order valence-corrected chi connectivity index (χ0v) is 11.9. The van der Waals surface area contributed by atoms with Gasteiger partial charge in [-0.05, 0) is 49.2 Å². The highest BCUT2D eigenvalue weighted by Gasteiger charge is 2.07. The monoisotopic (exact) mass is 289 g/mol. The summed E-state index contributed by atoms with van der Waals surface area (Å²) in [7, 11) is 0. The molecule has 0 bridgehead atoms. The van der Waals surface area contributed by atoms with E-state index in [2.05, 4.69) is 10.3 Å². The average Bonchev–Trinajstić information content (AvgIpc) is 2.44. The number of anilines is 1. The molecule has 20 heavy (non-hydrogen) atoms. The number of aryl methyl sites for hydroxylation is 1. The van der Waals surface area contributed by atoms with E-state index in [4.69, 9.17) is 17.3 Å². The number of nitrogens with zero attached hydrogens (tertiary/aromatic N) is 1. The zero-order valence-electron chi connectivity index (χ0n) is 11.2. The van der Waals surface area contributed by atoms with Crippen LogP contribution in [0.3, 0.4) is 0 Å². The Morgan fingerprint density at radius 3 is 2.65 bits per heavy atom. The number of carbonyl (C=O) groups is 1.